The van der Waals surface area contributed by atoms with Crippen molar-refractivity contribution in [1.29, 1.82) is 0 Å². The monoisotopic (exact) mass is 246 g/mol. The zero-order chi connectivity index (χ0) is 12.6. The molecule has 1 aliphatic heterocycles. The van der Waals surface area contributed by atoms with Gasteiger partial charge in [-0.05, 0) is 30.9 Å². The minimum Gasteiger partial charge on any atom is -0.379 e. The minimum absolute atomic E-state index is 0.118. The molecule has 0 saturated carbocycles. The second-order valence-electron chi connectivity index (χ2n) is 5.67. The molecule has 1 unspecified atom stereocenters. The van der Waals surface area contributed by atoms with Crippen LogP contribution in [0, 0.1) is 0 Å². The molecule has 0 bridgehead atoms. The third-order valence-electron chi connectivity index (χ3n) is 4.51. The molecule has 98 valence electrons. The summed E-state index contributed by atoms with van der Waals surface area (Å²) in [5.41, 5.74) is 9.22. The molecule has 0 radical (unpaired) electrons. The Bertz CT molecular complexity index is 407. The van der Waals surface area contributed by atoms with Gasteiger partial charge in [0.2, 0.25) is 0 Å². The number of benzene rings is 1. The van der Waals surface area contributed by atoms with Crippen LogP contribution < -0.4 is 5.73 Å². The highest BCUT2D eigenvalue weighted by Gasteiger charge is 2.43. The molecule has 1 aromatic rings. The first-order valence-electron chi connectivity index (χ1n) is 6.86. The Kier molecular flexibility index (Phi) is 3.14. The summed E-state index contributed by atoms with van der Waals surface area (Å²) in [6, 6.07) is 9.23. The van der Waals surface area contributed by atoms with Crippen LogP contribution in [0.3, 0.4) is 0 Å². The third-order valence-corrected chi connectivity index (χ3v) is 4.51. The number of rotatable bonds is 2. The van der Waals surface area contributed by atoms with Crippen molar-refractivity contribution >= 4 is 0 Å². The van der Waals surface area contributed by atoms with Crippen molar-refractivity contribution in [3.05, 3.63) is 35.4 Å². The maximum Gasteiger partial charge on any atom is 0.0620 e. The summed E-state index contributed by atoms with van der Waals surface area (Å²) in [6.07, 6.45) is 2.17. The number of ether oxygens (including phenoxy) is 1. The molecule has 1 aliphatic carbocycles. The average Bonchev–Trinajstić information content (AvgIpc) is 2.79. The van der Waals surface area contributed by atoms with Crippen LogP contribution in [0.2, 0.25) is 0 Å². The van der Waals surface area contributed by atoms with Crippen molar-refractivity contribution < 1.29 is 4.74 Å². The number of nitrogens with zero attached hydrogens (tertiary/aromatic N) is 1. The number of hydrogen-bond donors (Lipinski definition) is 1. The quantitative estimate of drug-likeness (QED) is 0.852. The summed E-state index contributed by atoms with van der Waals surface area (Å²) in [5.74, 6) is 0. The zero-order valence-corrected chi connectivity index (χ0v) is 11.1. The molecule has 3 nitrogen and oxygen atoms in total. The molecule has 0 amide bonds. The third kappa shape index (κ3) is 1.87. The Hall–Kier alpha value is -0.900. The number of nitrogens with two attached hydrogens (primary N) is 1. The first-order valence-corrected chi connectivity index (χ1v) is 6.86. The summed E-state index contributed by atoms with van der Waals surface area (Å²) < 4.78 is 5.56. The Labute approximate surface area is 109 Å². The van der Waals surface area contributed by atoms with E-state index in [9.17, 15) is 0 Å². The molecule has 3 rings (SSSR count). The topological polar surface area (TPSA) is 38.5 Å². The Morgan fingerprint density at radius 2 is 2.00 bits per heavy atom. The van der Waals surface area contributed by atoms with Gasteiger partial charge in [-0.2, -0.15) is 0 Å². The number of fused-ring (bicyclic) bond motifs is 1. The lowest BCUT2D eigenvalue weighted by Gasteiger charge is -2.46. The van der Waals surface area contributed by atoms with Gasteiger partial charge >= 0.3 is 0 Å². The Morgan fingerprint density at radius 3 is 2.56 bits per heavy atom. The van der Waals surface area contributed by atoms with Crippen molar-refractivity contribution in [2.45, 2.75) is 31.3 Å². The number of hydrogen-bond acceptors (Lipinski definition) is 3. The molecule has 0 aromatic heterocycles. The fraction of sp³-hybridized carbons (Fsp3) is 0.600. The van der Waals surface area contributed by atoms with E-state index in [1.807, 2.05) is 0 Å². The maximum atomic E-state index is 6.16. The highest BCUT2D eigenvalue weighted by Crippen LogP contribution is 2.35. The van der Waals surface area contributed by atoms with E-state index in [4.69, 9.17) is 10.5 Å². The first kappa shape index (κ1) is 12.2. The van der Waals surface area contributed by atoms with Gasteiger partial charge in [0.1, 0.15) is 0 Å². The van der Waals surface area contributed by atoms with E-state index in [1.54, 1.807) is 0 Å². The van der Waals surface area contributed by atoms with Crippen LogP contribution in [0.1, 0.15) is 18.1 Å². The summed E-state index contributed by atoms with van der Waals surface area (Å²) in [5, 5.41) is 0. The minimum atomic E-state index is 0.118. The van der Waals surface area contributed by atoms with Gasteiger partial charge in [0, 0.05) is 24.7 Å². The van der Waals surface area contributed by atoms with Crippen LogP contribution in [-0.2, 0) is 17.6 Å². The van der Waals surface area contributed by atoms with Crippen LogP contribution >= 0.6 is 0 Å². The number of morpholine rings is 1. The van der Waals surface area contributed by atoms with Crippen LogP contribution in [0.5, 0.6) is 0 Å². The standard InChI is InChI=1S/C15H22N2O/c1-12-10-18-7-6-17(12)15(11-16)8-13-4-2-3-5-14(13)9-15/h2-5,12H,6-11,16H2,1H3. The van der Waals surface area contributed by atoms with E-state index in [2.05, 4.69) is 36.1 Å². The lowest BCUT2D eigenvalue weighted by atomic mass is 9.91. The SMILES string of the molecule is CC1COCCN1C1(CN)Cc2ccccc2C1. The van der Waals surface area contributed by atoms with Gasteiger partial charge in [0.25, 0.3) is 0 Å². The molecule has 2 N–H and O–H groups in total. The molecule has 1 heterocycles. The smallest absolute Gasteiger partial charge is 0.0620 e. The van der Waals surface area contributed by atoms with E-state index in [1.165, 1.54) is 11.1 Å². The normalized spacial score (nSPS) is 27.1. The fourth-order valence-electron chi connectivity index (χ4n) is 3.57. The van der Waals surface area contributed by atoms with Gasteiger partial charge in [-0.1, -0.05) is 24.3 Å². The molecule has 3 heteroatoms. The van der Waals surface area contributed by atoms with Gasteiger partial charge in [-0.3, -0.25) is 4.90 Å². The lowest BCUT2D eigenvalue weighted by Crippen LogP contribution is -2.61. The molecule has 18 heavy (non-hydrogen) atoms. The van der Waals surface area contributed by atoms with E-state index in [0.717, 1.165) is 39.1 Å². The van der Waals surface area contributed by atoms with Gasteiger partial charge in [-0.15, -0.1) is 0 Å². The Balaban J connectivity index is 1.89. The van der Waals surface area contributed by atoms with Crippen molar-refractivity contribution in [3.8, 4) is 0 Å². The van der Waals surface area contributed by atoms with Gasteiger partial charge < -0.3 is 10.5 Å². The summed E-state index contributed by atoms with van der Waals surface area (Å²) in [7, 11) is 0. The summed E-state index contributed by atoms with van der Waals surface area (Å²) in [6.45, 7) is 5.65. The second kappa shape index (κ2) is 4.65. The van der Waals surface area contributed by atoms with E-state index in [0.29, 0.717) is 6.04 Å². The zero-order valence-electron chi connectivity index (χ0n) is 11.1. The molecular weight excluding hydrogens is 224 g/mol. The fourth-order valence-corrected chi connectivity index (χ4v) is 3.57. The van der Waals surface area contributed by atoms with Crippen molar-refractivity contribution in [3.63, 3.8) is 0 Å². The van der Waals surface area contributed by atoms with Crippen molar-refractivity contribution in [1.82, 2.24) is 4.90 Å². The van der Waals surface area contributed by atoms with Crippen LogP contribution in [0.25, 0.3) is 0 Å². The van der Waals surface area contributed by atoms with Gasteiger partial charge in [0.15, 0.2) is 0 Å². The Morgan fingerprint density at radius 1 is 1.33 bits per heavy atom. The van der Waals surface area contributed by atoms with E-state index >= 15 is 0 Å². The van der Waals surface area contributed by atoms with Crippen LogP contribution in [-0.4, -0.2) is 42.8 Å². The van der Waals surface area contributed by atoms with Crippen LogP contribution in [0.15, 0.2) is 24.3 Å². The van der Waals surface area contributed by atoms with Gasteiger partial charge in [0.05, 0.1) is 13.2 Å². The molecule has 1 fully saturated rings. The predicted octanol–water partition coefficient (Wildman–Crippen LogP) is 1.20. The average molecular weight is 246 g/mol. The van der Waals surface area contributed by atoms with E-state index < -0.39 is 0 Å². The molecular formula is C15H22N2O. The molecule has 1 atom stereocenters. The molecule has 1 saturated heterocycles. The van der Waals surface area contributed by atoms with Crippen molar-refractivity contribution in [2.24, 2.45) is 5.73 Å². The molecule has 0 spiro atoms. The van der Waals surface area contributed by atoms with E-state index in [-0.39, 0.29) is 5.54 Å². The molecule has 1 aromatic carbocycles. The maximum absolute atomic E-state index is 6.16. The predicted molar refractivity (Wildman–Crippen MR) is 72.6 cm³/mol. The lowest BCUT2D eigenvalue weighted by molar-refractivity contribution is -0.0535. The largest absolute Gasteiger partial charge is 0.379 e. The first-order chi connectivity index (χ1) is 8.75. The van der Waals surface area contributed by atoms with Crippen molar-refractivity contribution in [2.75, 3.05) is 26.3 Å². The highest BCUT2D eigenvalue weighted by atomic mass is 16.5. The summed E-state index contributed by atoms with van der Waals surface area (Å²) >= 11 is 0. The highest BCUT2D eigenvalue weighted by molar-refractivity contribution is 5.36. The van der Waals surface area contributed by atoms with Gasteiger partial charge in [-0.25, -0.2) is 0 Å². The molecule has 2 aliphatic rings. The summed E-state index contributed by atoms with van der Waals surface area (Å²) in [4.78, 5) is 2.58. The second-order valence-corrected chi connectivity index (χ2v) is 5.67. The van der Waals surface area contributed by atoms with Crippen LogP contribution in [0.4, 0.5) is 0 Å².